The van der Waals surface area contributed by atoms with Crippen LogP contribution in [0.1, 0.15) is 24.8 Å². The molecular weight excluding hydrogens is 513 g/mol. The van der Waals surface area contributed by atoms with Gasteiger partial charge in [-0.3, -0.25) is 14.9 Å². The van der Waals surface area contributed by atoms with Gasteiger partial charge < -0.3 is 20.1 Å². The second kappa shape index (κ2) is 13.8. The molecule has 2 atom stereocenters. The molecule has 3 rings (SSSR count). The maximum atomic E-state index is 5.72. The SMILES string of the molecule is CCNC(=NCC(c1cccs1)N1CCOC(C)C1)NCCOc1cccnc1.I. The van der Waals surface area contributed by atoms with Crippen molar-refractivity contribution >= 4 is 41.3 Å². The maximum Gasteiger partial charge on any atom is 0.191 e. The summed E-state index contributed by atoms with van der Waals surface area (Å²) in [5.41, 5.74) is 0. The van der Waals surface area contributed by atoms with Crippen molar-refractivity contribution < 1.29 is 9.47 Å². The van der Waals surface area contributed by atoms with Crippen molar-refractivity contribution in [3.05, 3.63) is 46.9 Å². The molecule has 0 amide bonds. The fourth-order valence-electron chi connectivity index (χ4n) is 3.29. The molecule has 1 saturated heterocycles. The van der Waals surface area contributed by atoms with Gasteiger partial charge in [0.05, 0.1) is 38.0 Å². The van der Waals surface area contributed by atoms with Gasteiger partial charge in [0.25, 0.3) is 0 Å². The van der Waals surface area contributed by atoms with Gasteiger partial charge in [-0.25, -0.2) is 0 Å². The molecule has 2 aromatic heterocycles. The third-order valence-electron chi connectivity index (χ3n) is 4.65. The van der Waals surface area contributed by atoms with Crippen LogP contribution in [0.25, 0.3) is 0 Å². The van der Waals surface area contributed by atoms with Crippen molar-refractivity contribution in [2.45, 2.75) is 26.0 Å². The summed E-state index contributed by atoms with van der Waals surface area (Å²) in [5.74, 6) is 1.58. The molecule has 3 heterocycles. The van der Waals surface area contributed by atoms with Gasteiger partial charge in [-0.15, -0.1) is 35.3 Å². The highest BCUT2D eigenvalue weighted by molar-refractivity contribution is 14.0. The zero-order valence-corrected chi connectivity index (χ0v) is 20.8. The van der Waals surface area contributed by atoms with Crippen LogP contribution in [-0.2, 0) is 4.74 Å². The van der Waals surface area contributed by atoms with E-state index in [2.05, 4.69) is 51.9 Å². The standard InChI is InChI=1S/C21H31N5O2S.HI/c1-3-23-21(24-9-11-28-18-6-4-8-22-14-18)25-15-19(20-7-5-13-29-20)26-10-12-27-17(2)16-26;/h4-8,13-14,17,19H,3,9-12,15-16H2,1-2H3,(H2,23,24,25);1H. The van der Waals surface area contributed by atoms with Crippen LogP contribution in [0.15, 0.2) is 47.0 Å². The van der Waals surface area contributed by atoms with Crippen molar-refractivity contribution in [3.8, 4) is 5.75 Å². The molecule has 0 saturated carbocycles. The molecule has 0 radical (unpaired) electrons. The number of guanidine groups is 1. The van der Waals surface area contributed by atoms with E-state index in [-0.39, 0.29) is 36.1 Å². The number of halogens is 1. The van der Waals surface area contributed by atoms with Gasteiger partial charge in [0.15, 0.2) is 5.96 Å². The first-order chi connectivity index (χ1) is 14.3. The zero-order chi connectivity index (χ0) is 20.3. The first-order valence-electron chi connectivity index (χ1n) is 10.2. The minimum atomic E-state index is 0. The van der Waals surface area contributed by atoms with E-state index in [1.165, 1.54) is 4.88 Å². The van der Waals surface area contributed by atoms with Gasteiger partial charge in [0, 0.05) is 30.7 Å². The summed E-state index contributed by atoms with van der Waals surface area (Å²) in [6, 6.07) is 8.35. The number of thiophene rings is 1. The van der Waals surface area contributed by atoms with E-state index in [0.29, 0.717) is 19.7 Å². The Kier molecular flexibility index (Phi) is 11.4. The molecule has 1 aliphatic heterocycles. The van der Waals surface area contributed by atoms with E-state index in [1.807, 2.05) is 12.1 Å². The summed E-state index contributed by atoms with van der Waals surface area (Å²) in [6.45, 7) is 9.58. The van der Waals surface area contributed by atoms with Crippen LogP contribution in [0.4, 0.5) is 0 Å². The van der Waals surface area contributed by atoms with Crippen molar-refractivity contribution in [2.75, 3.05) is 45.9 Å². The number of aliphatic imine (C=N–C) groups is 1. The Labute approximate surface area is 200 Å². The number of nitrogens with one attached hydrogen (secondary N) is 2. The van der Waals surface area contributed by atoms with Gasteiger partial charge in [-0.2, -0.15) is 0 Å². The predicted octanol–water partition coefficient (Wildman–Crippen LogP) is 3.16. The van der Waals surface area contributed by atoms with Gasteiger partial charge >= 0.3 is 0 Å². The zero-order valence-electron chi connectivity index (χ0n) is 17.6. The third kappa shape index (κ3) is 8.01. The number of hydrogen-bond donors (Lipinski definition) is 2. The highest BCUT2D eigenvalue weighted by Gasteiger charge is 2.26. The largest absolute Gasteiger partial charge is 0.490 e. The van der Waals surface area contributed by atoms with E-state index >= 15 is 0 Å². The number of hydrogen-bond acceptors (Lipinski definition) is 6. The molecule has 7 nitrogen and oxygen atoms in total. The molecule has 166 valence electrons. The van der Waals surface area contributed by atoms with Crippen LogP contribution in [0.2, 0.25) is 0 Å². The Bertz CT molecular complexity index is 732. The highest BCUT2D eigenvalue weighted by atomic mass is 127. The average molecular weight is 545 g/mol. The molecular formula is C21H32IN5O2S. The lowest BCUT2D eigenvalue weighted by Gasteiger charge is -2.36. The van der Waals surface area contributed by atoms with Crippen LogP contribution in [0.5, 0.6) is 5.75 Å². The van der Waals surface area contributed by atoms with Crippen molar-refractivity contribution in [1.82, 2.24) is 20.5 Å². The molecule has 30 heavy (non-hydrogen) atoms. The monoisotopic (exact) mass is 545 g/mol. The molecule has 9 heteroatoms. The Morgan fingerprint density at radius 1 is 1.40 bits per heavy atom. The molecule has 0 aromatic carbocycles. The summed E-state index contributed by atoms with van der Waals surface area (Å²) in [6.07, 6.45) is 3.71. The van der Waals surface area contributed by atoms with Gasteiger partial charge in [-0.05, 0) is 37.4 Å². The number of pyridine rings is 1. The molecule has 1 fully saturated rings. The van der Waals surface area contributed by atoms with E-state index in [0.717, 1.165) is 38.0 Å². The molecule has 0 aliphatic carbocycles. The summed E-state index contributed by atoms with van der Waals surface area (Å²) < 4.78 is 11.4. The summed E-state index contributed by atoms with van der Waals surface area (Å²) >= 11 is 1.79. The molecule has 1 aliphatic rings. The first kappa shape index (κ1) is 24.8. The Morgan fingerprint density at radius 3 is 3.00 bits per heavy atom. The van der Waals surface area contributed by atoms with Crippen molar-refractivity contribution in [3.63, 3.8) is 0 Å². The van der Waals surface area contributed by atoms with E-state index in [9.17, 15) is 0 Å². The second-order valence-corrected chi connectivity index (χ2v) is 7.87. The average Bonchev–Trinajstić information content (AvgIpc) is 3.26. The number of aromatic nitrogens is 1. The Morgan fingerprint density at radius 2 is 2.30 bits per heavy atom. The first-order valence-corrected chi connectivity index (χ1v) is 11.1. The van der Waals surface area contributed by atoms with Gasteiger partial charge in [-0.1, -0.05) is 6.07 Å². The summed E-state index contributed by atoms with van der Waals surface area (Å²) in [5, 5.41) is 8.82. The van der Waals surface area contributed by atoms with Crippen LogP contribution in [0.3, 0.4) is 0 Å². The summed E-state index contributed by atoms with van der Waals surface area (Å²) in [7, 11) is 0. The summed E-state index contributed by atoms with van der Waals surface area (Å²) in [4.78, 5) is 12.8. The lowest BCUT2D eigenvalue weighted by atomic mass is 10.1. The predicted molar refractivity (Wildman–Crippen MR) is 133 cm³/mol. The quantitative estimate of drug-likeness (QED) is 0.219. The van der Waals surface area contributed by atoms with Crippen LogP contribution in [0, 0.1) is 0 Å². The molecule has 2 unspecified atom stereocenters. The topological polar surface area (TPSA) is 71.0 Å². The van der Waals surface area contributed by atoms with Gasteiger partial charge in [0.2, 0.25) is 0 Å². The Balaban J connectivity index is 0.00000320. The number of morpholine rings is 1. The lowest BCUT2D eigenvalue weighted by molar-refractivity contribution is -0.0327. The number of ether oxygens (including phenoxy) is 2. The second-order valence-electron chi connectivity index (χ2n) is 6.89. The van der Waals surface area contributed by atoms with Crippen molar-refractivity contribution in [2.24, 2.45) is 4.99 Å². The molecule has 2 aromatic rings. The number of nitrogens with zero attached hydrogens (tertiary/aromatic N) is 3. The minimum absolute atomic E-state index is 0. The maximum absolute atomic E-state index is 5.72. The molecule has 2 N–H and O–H groups in total. The van der Waals surface area contributed by atoms with E-state index in [4.69, 9.17) is 14.5 Å². The van der Waals surface area contributed by atoms with E-state index in [1.54, 1.807) is 23.7 Å². The molecule has 0 spiro atoms. The fraction of sp³-hybridized carbons (Fsp3) is 0.524. The number of rotatable bonds is 9. The normalized spacial score (nSPS) is 18.3. The fourth-order valence-corrected chi connectivity index (χ4v) is 4.14. The van der Waals surface area contributed by atoms with E-state index < -0.39 is 0 Å². The van der Waals surface area contributed by atoms with Crippen LogP contribution in [-0.4, -0.2) is 67.9 Å². The Hall–Kier alpha value is -1.43. The van der Waals surface area contributed by atoms with Crippen molar-refractivity contribution in [1.29, 1.82) is 0 Å². The van der Waals surface area contributed by atoms with Gasteiger partial charge in [0.1, 0.15) is 12.4 Å². The smallest absolute Gasteiger partial charge is 0.191 e. The van der Waals surface area contributed by atoms with Crippen LogP contribution >= 0.6 is 35.3 Å². The minimum Gasteiger partial charge on any atom is -0.490 e. The lowest BCUT2D eigenvalue weighted by Crippen LogP contribution is -2.44. The van der Waals surface area contributed by atoms with Crippen LogP contribution < -0.4 is 15.4 Å². The highest BCUT2D eigenvalue weighted by Crippen LogP contribution is 2.27. The molecule has 0 bridgehead atoms. The third-order valence-corrected chi connectivity index (χ3v) is 5.62.